The van der Waals surface area contributed by atoms with Gasteiger partial charge in [-0.05, 0) is 48.9 Å². The summed E-state index contributed by atoms with van der Waals surface area (Å²) in [5, 5.41) is 7.88. The molecule has 2 heterocycles. The number of benzene rings is 2. The fourth-order valence-electron chi connectivity index (χ4n) is 3.16. The Morgan fingerprint density at radius 1 is 1.03 bits per heavy atom. The van der Waals surface area contributed by atoms with Gasteiger partial charge in [-0.1, -0.05) is 12.1 Å². The van der Waals surface area contributed by atoms with Crippen molar-refractivity contribution in [3.05, 3.63) is 83.8 Å². The van der Waals surface area contributed by atoms with Gasteiger partial charge in [0.05, 0.1) is 19.3 Å². The third kappa shape index (κ3) is 3.93. The van der Waals surface area contributed by atoms with Crippen molar-refractivity contribution in [1.29, 1.82) is 0 Å². The summed E-state index contributed by atoms with van der Waals surface area (Å²) in [6, 6.07) is 12.7. The Bertz CT molecular complexity index is 1370. The molecule has 4 rings (SSSR count). The highest BCUT2D eigenvalue weighted by molar-refractivity contribution is 7.92. The molecule has 0 amide bonds. The predicted octanol–water partition coefficient (Wildman–Crippen LogP) is 3.72. The average Bonchev–Trinajstić information content (AvgIpc) is 3.14. The second-order valence-corrected chi connectivity index (χ2v) is 8.66. The number of aromatic nitrogens is 3. The maximum absolute atomic E-state index is 14.0. The van der Waals surface area contributed by atoms with Crippen LogP contribution in [0.25, 0.3) is 5.65 Å². The van der Waals surface area contributed by atoms with Crippen molar-refractivity contribution in [1.82, 2.24) is 14.6 Å². The summed E-state index contributed by atoms with van der Waals surface area (Å²) in [6.07, 6.45) is 1.40. The maximum atomic E-state index is 14.0. The summed E-state index contributed by atoms with van der Waals surface area (Å²) in [6.45, 7) is 1.57. The average molecular weight is 444 g/mol. The van der Waals surface area contributed by atoms with Gasteiger partial charge in [-0.3, -0.25) is 8.71 Å². The fourth-order valence-corrected chi connectivity index (χ4v) is 4.60. The van der Waals surface area contributed by atoms with E-state index >= 15 is 0 Å². The van der Waals surface area contributed by atoms with Crippen LogP contribution in [0.5, 0.6) is 5.75 Å². The number of sulfonamides is 1. The molecule has 0 fully saturated rings. The minimum absolute atomic E-state index is 0.0118. The molecule has 0 bridgehead atoms. The van der Waals surface area contributed by atoms with Gasteiger partial charge in [-0.25, -0.2) is 17.2 Å². The smallest absolute Gasteiger partial charge is 0.266 e. The van der Waals surface area contributed by atoms with Crippen molar-refractivity contribution < 1.29 is 21.9 Å². The van der Waals surface area contributed by atoms with Crippen LogP contribution in [-0.2, 0) is 16.6 Å². The van der Waals surface area contributed by atoms with E-state index in [4.69, 9.17) is 4.74 Å². The van der Waals surface area contributed by atoms with Gasteiger partial charge in [-0.2, -0.15) is 0 Å². The van der Waals surface area contributed by atoms with Crippen LogP contribution in [0, 0.1) is 18.6 Å². The van der Waals surface area contributed by atoms with E-state index in [1.54, 1.807) is 35.6 Å². The SMILES string of the molecule is COc1cccc(CN(c2ccc(F)c(F)c2)S(=O)(=O)c2ccc3nnc(C)n3c2)c1. The van der Waals surface area contributed by atoms with Gasteiger partial charge in [0.25, 0.3) is 10.0 Å². The molecule has 4 aromatic rings. The van der Waals surface area contributed by atoms with E-state index in [0.29, 0.717) is 22.8 Å². The molecule has 160 valence electrons. The molecule has 0 N–H and O–H groups in total. The van der Waals surface area contributed by atoms with Gasteiger partial charge in [-0.15, -0.1) is 10.2 Å². The van der Waals surface area contributed by atoms with Crippen LogP contribution in [0.3, 0.4) is 0 Å². The number of halogens is 2. The van der Waals surface area contributed by atoms with E-state index in [1.807, 2.05) is 0 Å². The van der Waals surface area contributed by atoms with Crippen LogP contribution in [0.2, 0.25) is 0 Å². The lowest BCUT2D eigenvalue weighted by molar-refractivity contribution is 0.414. The van der Waals surface area contributed by atoms with Crippen LogP contribution >= 0.6 is 0 Å². The zero-order valence-electron chi connectivity index (χ0n) is 16.7. The van der Waals surface area contributed by atoms with E-state index in [9.17, 15) is 17.2 Å². The highest BCUT2D eigenvalue weighted by atomic mass is 32.2. The second kappa shape index (κ2) is 7.95. The number of aryl methyl sites for hydroxylation is 1. The van der Waals surface area contributed by atoms with Crippen LogP contribution in [0.4, 0.5) is 14.5 Å². The summed E-state index contributed by atoms with van der Waals surface area (Å²) in [5.41, 5.74) is 1.08. The zero-order valence-corrected chi connectivity index (χ0v) is 17.5. The Labute approximate surface area is 177 Å². The lowest BCUT2D eigenvalue weighted by Gasteiger charge is -2.25. The summed E-state index contributed by atoms with van der Waals surface area (Å²) in [4.78, 5) is -0.0458. The molecular formula is C21H18F2N4O3S. The number of ether oxygens (including phenoxy) is 1. The molecule has 0 saturated heterocycles. The third-order valence-corrected chi connectivity index (χ3v) is 6.54. The third-order valence-electron chi connectivity index (χ3n) is 4.79. The molecule has 0 saturated carbocycles. The molecule has 7 nitrogen and oxygen atoms in total. The van der Waals surface area contributed by atoms with Crippen LogP contribution in [-0.4, -0.2) is 30.1 Å². The van der Waals surface area contributed by atoms with E-state index in [1.165, 1.54) is 31.5 Å². The first-order chi connectivity index (χ1) is 14.8. The van der Waals surface area contributed by atoms with Gasteiger partial charge in [0, 0.05) is 12.3 Å². The number of anilines is 1. The van der Waals surface area contributed by atoms with Crippen molar-refractivity contribution >= 4 is 21.4 Å². The van der Waals surface area contributed by atoms with Crippen molar-refractivity contribution in [2.24, 2.45) is 0 Å². The normalized spacial score (nSPS) is 11.6. The second-order valence-electron chi connectivity index (χ2n) is 6.80. The van der Waals surface area contributed by atoms with Crippen molar-refractivity contribution in [3.63, 3.8) is 0 Å². The predicted molar refractivity (Wildman–Crippen MR) is 110 cm³/mol. The molecule has 2 aromatic carbocycles. The molecule has 0 spiro atoms. The molecule has 0 unspecified atom stereocenters. The molecule has 10 heteroatoms. The first-order valence-electron chi connectivity index (χ1n) is 9.22. The summed E-state index contributed by atoms with van der Waals surface area (Å²) >= 11 is 0. The number of hydrogen-bond acceptors (Lipinski definition) is 5. The van der Waals surface area contributed by atoms with Gasteiger partial charge in [0.15, 0.2) is 17.3 Å². The molecule has 0 radical (unpaired) electrons. The monoisotopic (exact) mass is 444 g/mol. The number of rotatable bonds is 6. The lowest BCUT2D eigenvalue weighted by atomic mass is 10.2. The van der Waals surface area contributed by atoms with Gasteiger partial charge in [0.2, 0.25) is 0 Å². The van der Waals surface area contributed by atoms with Crippen molar-refractivity contribution in [2.75, 3.05) is 11.4 Å². The zero-order chi connectivity index (χ0) is 22.2. The van der Waals surface area contributed by atoms with Gasteiger partial charge < -0.3 is 4.74 Å². The Morgan fingerprint density at radius 3 is 2.58 bits per heavy atom. The number of methoxy groups -OCH3 is 1. The van der Waals surface area contributed by atoms with Gasteiger partial charge in [0.1, 0.15) is 16.5 Å². The highest BCUT2D eigenvalue weighted by Gasteiger charge is 2.27. The molecule has 0 aliphatic carbocycles. The molecule has 0 aliphatic heterocycles. The molecule has 2 aromatic heterocycles. The minimum atomic E-state index is -4.16. The Hall–Kier alpha value is -3.53. The van der Waals surface area contributed by atoms with E-state index < -0.39 is 21.7 Å². The summed E-state index contributed by atoms with van der Waals surface area (Å²) < 4.78 is 62.4. The molecule has 31 heavy (non-hydrogen) atoms. The molecular weight excluding hydrogens is 426 g/mol. The number of nitrogens with zero attached hydrogens (tertiary/aromatic N) is 4. The highest BCUT2D eigenvalue weighted by Crippen LogP contribution is 2.28. The van der Waals surface area contributed by atoms with E-state index in [0.717, 1.165) is 16.4 Å². The van der Waals surface area contributed by atoms with Gasteiger partial charge >= 0.3 is 0 Å². The maximum Gasteiger partial charge on any atom is 0.266 e. The minimum Gasteiger partial charge on any atom is -0.497 e. The topological polar surface area (TPSA) is 76.8 Å². The standard InChI is InChI=1S/C21H18F2N4O3S/c1-14-24-25-21-9-7-18(13-26(14)21)31(28,29)27(16-6-8-19(22)20(23)11-16)12-15-4-3-5-17(10-15)30-2/h3-11,13H,12H2,1-2H3. The Morgan fingerprint density at radius 2 is 1.84 bits per heavy atom. The summed E-state index contributed by atoms with van der Waals surface area (Å²) in [7, 11) is -2.66. The molecule has 0 aliphatic rings. The van der Waals surface area contributed by atoms with Crippen molar-refractivity contribution in [3.8, 4) is 5.75 Å². The lowest BCUT2D eigenvalue weighted by Crippen LogP contribution is -2.31. The number of hydrogen-bond donors (Lipinski definition) is 0. The van der Waals surface area contributed by atoms with Crippen LogP contribution in [0.15, 0.2) is 65.7 Å². The molecule has 0 atom stereocenters. The number of pyridine rings is 1. The van der Waals surface area contributed by atoms with E-state index in [2.05, 4.69) is 10.2 Å². The Balaban J connectivity index is 1.84. The largest absolute Gasteiger partial charge is 0.497 e. The number of fused-ring (bicyclic) bond motifs is 1. The van der Waals surface area contributed by atoms with Crippen molar-refractivity contribution in [2.45, 2.75) is 18.4 Å². The fraction of sp³-hybridized carbons (Fsp3) is 0.143. The van der Waals surface area contributed by atoms with E-state index in [-0.39, 0.29) is 17.1 Å². The quantitative estimate of drug-likeness (QED) is 0.453. The Kier molecular flexibility index (Phi) is 5.32. The van der Waals surface area contributed by atoms with Crippen LogP contribution in [0.1, 0.15) is 11.4 Å². The van der Waals surface area contributed by atoms with Crippen LogP contribution < -0.4 is 9.04 Å². The first kappa shape index (κ1) is 20.7. The first-order valence-corrected chi connectivity index (χ1v) is 10.7. The summed E-state index contributed by atoms with van der Waals surface area (Å²) in [5.74, 6) is -1.15.